The predicted molar refractivity (Wildman–Crippen MR) is 76.5 cm³/mol. The first-order valence-corrected chi connectivity index (χ1v) is 6.93. The SMILES string of the molecule is CCc1cccc(OCC(O)CNC(CC)CO)c1. The molecular weight excluding hydrogens is 242 g/mol. The van der Waals surface area contributed by atoms with Gasteiger partial charge < -0.3 is 20.3 Å². The molecule has 0 bridgehead atoms. The van der Waals surface area contributed by atoms with Crippen LogP contribution in [0.5, 0.6) is 5.75 Å². The normalized spacial score (nSPS) is 14.1. The molecule has 0 aliphatic rings. The highest BCUT2D eigenvalue weighted by molar-refractivity contribution is 5.28. The molecule has 4 heteroatoms. The van der Waals surface area contributed by atoms with Gasteiger partial charge in [0.25, 0.3) is 0 Å². The molecule has 0 aromatic heterocycles. The van der Waals surface area contributed by atoms with E-state index >= 15 is 0 Å². The minimum atomic E-state index is -0.578. The Morgan fingerprint density at radius 3 is 2.74 bits per heavy atom. The number of aryl methyl sites for hydroxylation is 1. The molecule has 108 valence electrons. The minimum Gasteiger partial charge on any atom is -0.491 e. The maximum Gasteiger partial charge on any atom is 0.119 e. The minimum absolute atomic E-state index is 0.0399. The molecule has 1 aromatic carbocycles. The number of hydrogen-bond acceptors (Lipinski definition) is 4. The topological polar surface area (TPSA) is 61.7 Å². The molecule has 0 aliphatic carbocycles. The molecule has 0 amide bonds. The molecule has 4 nitrogen and oxygen atoms in total. The second-order valence-corrected chi connectivity index (χ2v) is 4.66. The Balaban J connectivity index is 2.31. The molecule has 2 unspecified atom stereocenters. The summed E-state index contributed by atoms with van der Waals surface area (Å²) in [6, 6.07) is 7.93. The van der Waals surface area contributed by atoms with E-state index in [4.69, 9.17) is 9.84 Å². The molecule has 2 atom stereocenters. The van der Waals surface area contributed by atoms with Crippen LogP contribution in [-0.2, 0) is 6.42 Å². The van der Waals surface area contributed by atoms with E-state index in [-0.39, 0.29) is 19.3 Å². The largest absolute Gasteiger partial charge is 0.491 e. The van der Waals surface area contributed by atoms with Crippen molar-refractivity contribution in [2.45, 2.75) is 38.8 Å². The summed E-state index contributed by atoms with van der Waals surface area (Å²) in [4.78, 5) is 0. The van der Waals surface area contributed by atoms with Gasteiger partial charge >= 0.3 is 0 Å². The summed E-state index contributed by atoms with van der Waals surface area (Å²) in [5.74, 6) is 0.785. The first kappa shape index (κ1) is 16.0. The zero-order valence-corrected chi connectivity index (χ0v) is 11.8. The number of ether oxygens (including phenoxy) is 1. The molecule has 0 spiro atoms. The van der Waals surface area contributed by atoms with Gasteiger partial charge in [0, 0.05) is 12.6 Å². The van der Waals surface area contributed by atoms with Crippen molar-refractivity contribution in [3.8, 4) is 5.75 Å². The smallest absolute Gasteiger partial charge is 0.119 e. The number of benzene rings is 1. The summed E-state index contributed by atoms with van der Waals surface area (Å²) in [6.45, 7) is 4.85. The third-order valence-electron chi connectivity index (χ3n) is 3.10. The average molecular weight is 267 g/mol. The van der Waals surface area contributed by atoms with Crippen molar-refractivity contribution in [1.29, 1.82) is 0 Å². The van der Waals surface area contributed by atoms with Crippen LogP contribution in [-0.4, -0.2) is 42.1 Å². The van der Waals surface area contributed by atoms with Crippen molar-refractivity contribution in [2.24, 2.45) is 0 Å². The number of aliphatic hydroxyl groups is 2. The molecule has 0 aliphatic heterocycles. The van der Waals surface area contributed by atoms with Crippen LogP contribution in [0.25, 0.3) is 0 Å². The second-order valence-electron chi connectivity index (χ2n) is 4.66. The summed E-state index contributed by atoms with van der Waals surface area (Å²) in [7, 11) is 0. The van der Waals surface area contributed by atoms with Crippen LogP contribution in [0.15, 0.2) is 24.3 Å². The number of nitrogens with one attached hydrogen (secondary N) is 1. The number of hydrogen-bond donors (Lipinski definition) is 3. The van der Waals surface area contributed by atoms with Crippen LogP contribution in [0, 0.1) is 0 Å². The highest BCUT2D eigenvalue weighted by atomic mass is 16.5. The van der Waals surface area contributed by atoms with Gasteiger partial charge in [0.2, 0.25) is 0 Å². The lowest BCUT2D eigenvalue weighted by Crippen LogP contribution is -2.39. The van der Waals surface area contributed by atoms with E-state index in [1.807, 2.05) is 25.1 Å². The van der Waals surface area contributed by atoms with Crippen LogP contribution in [0.2, 0.25) is 0 Å². The Morgan fingerprint density at radius 1 is 1.32 bits per heavy atom. The van der Waals surface area contributed by atoms with Crippen LogP contribution < -0.4 is 10.1 Å². The first-order valence-electron chi connectivity index (χ1n) is 6.93. The Hall–Kier alpha value is -1.10. The molecule has 1 aromatic rings. The fourth-order valence-electron chi connectivity index (χ4n) is 1.75. The van der Waals surface area contributed by atoms with E-state index in [0.717, 1.165) is 18.6 Å². The molecular formula is C15H25NO3. The van der Waals surface area contributed by atoms with Gasteiger partial charge in [0.15, 0.2) is 0 Å². The first-order chi connectivity index (χ1) is 9.19. The summed E-state index contributed by atoms with van der Waals surface area (Å²) in [5, 5.41) is 21.9. The van der Waals surface area contributed by atoms with E-state index in [9.17, 15) is 5.11 Å². The number of rotatable bonds is 9. The Bertz CT molecular complexity index is 353. The van der Waals surface area contributed by atoms with Crippen molar-refractivity contribution in [3.63, 3.8) is 0 Å². The van der Waals surface area contributed by atoms with Crippen LogP contribution in [0.3, 0.4) is 0 Å². The van der Waals surface area contributed by atoms with E-state index in [2.05, 4.69) is 18.3 Å². The molecule has 0 saturated carbocycles. The van der Waals surface area contributed by atoms with Crippen LogP contribution >= 0.6 is 0 Å². The van der Waals surface area contributed by atoms with Gasteiger partial charge in [-0.05, 0) is 30.5 Å². The quantitative estimate of drug-likeness (QED) is 0.632. The number of aliphatic hydroxyl groups excluding tert-OH is 2. The van der Waals surface area contributed by atoms with Gasteiger partial charge in [-0.3, -0.25) is 0 Å². The van der Waals surface area contributed by atoms with Gasteiger partial charge in [-0.2, -0.15) is 0 Å². The van der Waals surface area contributed by atoms with Crippen LogP contribution in [0.1, 0.15) is 25.8 Å². The van der Waals surface area contributed by atoms with Crippen LogP contribution in [0.4, 0.5) is 0 Å². The molecule has 0 heterocycles. The summed E-state index contributed by atoms with van der Waals surface area (Å²) in [6.07, 6.45) is 1.23. The van der Waals surface area contributed by atoms with Crippen molar-refractivity contribution < 1.29 is 14.9 Å². The standard InChI is InChI=1S/C15H25NO3/c1-3-12-6-5-7-15(8-12)19-11-14(18)9-16-13(4-2)10-17/h5-8,13-14,16-18H,3-4,9-11H2,1-2H3. The van der Waals surface area contributed by atoms with Gasteiger partial charge in [0.05, 0.1) is 6.61 Å². The Kier molecular flexibility index (Phi) is 7.48. The van der Waals surface area contributed by atoms with Gasteiger partial charge in [0.1, 0.15) is 18.5 Å². The molecule has 1 rings (SSSR count). The van der Waals surface area contributed by atoms with E-state index in [0.29, 0.717) is 6.54 Å². The molecule has 0 radical (unpaired) electrons. The molecule has 0 fully saturated rings. The third-order valence-corrected chi connectivity index (χ3v) is 3.10. The van der Waals surface area contributed by atoms with Crippen molar-refractivity contribution >= 4 is 0 Å². The molecule has 0 saturated heterocycles. The lowest BCUT2D eigenvalue weighted by atomic mass is 10.2. The molecule has 3 N–H and O–H groups in total. The van der Waals surface area contributed by atoms with Crippen molar-refractivity contribution in [2.75, 3.05) is 19.8 Å². The third kappa shape index (κ3) is 6.05. The Morgan fingerprint density at radius 2 is 2.11 bits per heavy atom. The van der Waals surface area contributed by atoms with Crippen molar-refractivity contribution in [3.05, 3.63) is 29.8 Å². The predicted octanol–water partition coefficient (Wildman–Crippen LogP) is 1.35. The second kappa shape index (κ2) is 8.91. The van der Waals surface area contributed by atoms with Gasteiger partial charge in [-0.15, -0.1) is 0 Å². The fraction of sp³-hybridized carbons (Fsp3) is 0.600. The average Bonchev–Trinajstić information content (AvgIpc) is 2.46. The van der Waals surface area contributed by atoms with Gasteiger partial charge in [-0.25, -0.2) is 0 Å². The summed E-state index contributed by atoms with van der Waals surface area (Å²) in [5.41, 5.74) is 1.22. The summed E-state index contributed by atoms with van der Waals surface area (Å²) >= 11 is 0. The maximum absolute atomic E-state index is 9.81. The lowest BCUT2D eigenvalue weighted by Gasteiger charge is -2.18. The zero-order valence-electron chi connectivity index (χ0n) is 11.8. The fourth-order valence-corrected chi connectivity index (χ4v) is 1.75. The van der Waals surface area contributed by atoms with E-state index < -0.39 is 6.10 Å². The highest BCUT2D eigenvalue weighted by Gasteiger charge is 2.09. The van der Waals surface area contributed by atoms with Gasteiger partial charge in [-0.1, -0.05) is 26.0 Å². The summed E-state index contributed by atoms with van der Waals surface area (Å²) < 4.78 is 5.56. The lowest BCUT2D eigenvalue weighted by molar-refractivity contribution is 0.0994. The van der Waals surface area contributed by atoms with Crippen molar-refractivity contribution in [1.82, 2.24) is 5.32 Å². The van der Waals surface area contributed by atoms with E-state index in [1.54, 1.807) is 0 Å². The zero-order chi connectivity index (χ0) is 14.1. The maximum atomic E-state index is 9.81. The highest BCUT2D eigenvalue weighted by Crippen LogP contribution is 2.13. The monoisotopic (exact) mass is 267 g/mol. The van der Waals surface area contributed by atoms with E-state index in [1.165, 1.54) is 5.56 Å². The Labute approximate surface area is 115 Å². The molecule has 19 heavy (non-hydrogen) atoms.